The Morgan fingerprint density at radius 1 is 1.07 bits per heavy atom. The van der Waals surface area contributed by atoms with Gasteiger partial charge in [0.2, 0.25) is 0 Å². The average molecular weight is 404 g/mol. The van der Waals surface area contributed by atoms with Crippen LogP contribution in [0, 0.1) is 0 Å². The molecule has 0 bridgehead atoms. The highest BCUT2D eigenvalue weighted by Gasteiger charge is 2.15. The zero-order valence-electron chi connectivity index (χ0n) is 18.5. The van der Waals surface area contributed by atoms with Gasteiger partial charge in [-0.15, -0.1) is 0 Å². The number of fused-ring (bicyclic) bond motifs is 1. The van der Waals surface area contributed by atoms with Crippen molar-refractivity contribution in [2.75, 3.05) is 18.4 Å². The molecular weight excluding hydrogens is 366 g/mol. The Balaban J connectivity index is 1.71. The van der Waals surface area contributed by atoms with E-state index in [1.165, 1.54) is 50.5 Å². The van der Waals surface area contributed by atoms with E-state index in [2.05, 4.69) is 34.7 Å². The highest BCUT2D eigenvalue weighted by molar-refractivity contribution is 5.75. The predicted octanol–water partition coefficient (Wildman–Crippen LogP) is 6.06. The van der Waals surface area contributed by atoms with Gasteiger partial charge in [-0.25, -0.2) is 4.79 Å². The molecule has 1 aromatic heterocycles. The normalized spacial score (nSPS) is 11.6. The van der Waals surface area contributed by atoms with E-state index in [9.17, 15) is 4.79 Å². The minimum Gasteiger partial charge on any atom is -0.444 e. The number of ether oxygens (including phenoxy) is 1. The lowest BCUT2D eigenvalue weighted by Gasteiger charge is -2.19. The SMILES string of the molecule is CCCCCCCCCc1ccc2oc(NCCNC(=O)OC(C)(C)C)nc2c1. The van der Waals surface area contributed by atoms with Crippen LogP contribution in [0.5, 0.6) is 0 Å². The highest BCUT2D eigenvalue weighted by Crippen LogP contribution is 2.21. The van der Waals surface area contributed by atoms with Crippen molar-refractivity contribution < 1.29 is 13.9 Å². The van der Waals surface area contributed by atoms with Gasteiger partial charge >= 0.3 is 6.09 Å². The summed E-state index contributed by atoms with van der Waals surface area (Å²) in [6.45, 7) is 8.71. The first-order chi connectivity index (χ1) is 13.9. The maximum Gasteiger partial charge on any atom is 0.407 e. The van der Waals surface area contributed by atoms with Crippen LogP contribution in [0.3, 0.4) is 0 Å². The van der Waals surface area contributed by atoms with Crippen LogP contribution in [0.1, 0.15) is 78.2 Å². The van der Waals surface area contributed by atoms with Gasteiger partial charge in [0, 0.05) is 13.1 Å². The third kappa shape index (κ3) is 9.20. The lowest BCUT2D eigenvalue weighted by molar-refractivity contribution is 0.0530. The summed E-state index contributed by atoms with van der Waals surface area (Å²) in [6, 6.07) is 6.70. The number of rotatable bonds is 12. The number of amides is 1. The van der Waals surface area contributed by atoms with Crippen molar-refractivity contribution in [3.8, 4) is 0 Å². The summed E-state index contributed by atoms with van der Waals surface area (Å²) in [7, 11) is 0. The highest BCUT2D eigenvalue weighted by atomic mass is 16.6. The van der Waals surface area contributed by atoms with E-state index in [1.807, 2.05) is 26.8 Å². The van der Waals surface area contributed by atoms with E-state index in [0.717, 1.165) is 17.5 Å². The van der Waals surface area contributed by atoms with Crippen LogP contribution >= 0.6 is 0 Å². The Bertz CT molecular complexity index is 749. The molecule has 2 N–H and O–H groups in total. The summed E-state index contributed by atoms with van der Waals surface area (Å²) in [5.41, 5.74) is 2.45. The molecule has 0 fully saturated rings. The molecule has 0 unspecified atom stereocenters. The number of aryl methyl sites for hydroxylation is 1. The van der Waals surface area contributed by atoms with E-state index in [1.54, 1.807) is 0 Å². The number of alkyl carbamates (subject to hydrolysis) is 1. The van der Waals surface area contributed by atoms with E-state index < -0.39 is 11.7 Å². The minimum atomic E-state index is -0.495. The molecule has 0 saturated carbocycles. The van der Waals surface area contributed by atoms with E-state index in [4.69, 9.17) is 9.15 Å². The van der Waals surface area contributed by atoms with Gasteiger partial charge in [0.25, 0.3) is 6.01 Å². The van der Waals surface area contributed by atoms with Crippen molar-refractivity contribution in [2.45, 2.75) is 84.7 Å². The first-order valence-corrected chi connectivity index (χ1v) is 11.0. The number of carbonyl (C=O) groups excluding carboxylic acids is 1. The second-order valence-electron chi connectivity index (χ2n) is 8.55. The Labute approximate surface area is 174 Å². The minimum absolute atomic E-state index is 0.424. The average Bonchev–Trinajstić information content (AvgIpc) is 3.05. The van der Waals surface area contributed by atoms with E-state index in [-0.39, 0.29) is 0 Å². The molecule has 162 valence electrons. The lowest BCUT2D eigenvalue weighted by Crippen LogP contribution is -2.35. The largest absolute Gasteiger partial charge is 0.444 e. The van der Waals surface area contributed by atoms with Gasteiger partial charge in [-0.1, -0.05) is 51.5 Å². The number of aromatic nitrogens is 1. The molecule has 1 aromatic carbocycles. The fourth-order valence-corrected chi connectivity index (χ4v) is 3.14. The second-order valence-corrected chi connectivity index (χ2v) is 8.55. The molecule has 2 rings (SSSR count). The Morgan fingerprint density at radius 2 is 1.79 bits per heavy atom. The molecule has 0 spiro atoms. The quantitative estimate of drug-likeness (QED) is 0.421. The topological polar surface area (TPSA) is 76.4 Å². The molecule has 1 amide bonds. The standard InChI is InChI=1S/C23H37N3O3/c1-5-6-7-8-9-10-11-12-18-13-14-20-19(17-18)26-21(28-20)24-15-16-25-22(27)29-23(2,3)4/h13-14,17H,5-12,15-16H2,1-4H3,(H,24,26)(H,25,27). The maximum atomic E-state index is 11.6. The summed E-state index contributed by atoms with van der Waals surface area (Å²) in [5.74, 6) is 0. The van der Waals surface area contributed by atoms with E-state index in [0.29, 0.717) is 19.1 Å². The van der Waals surface area contributed by atoms with Crippen molar-refractivity contribution in [2.24, 2.45) is 0 Å². The van der Waals surface area contributed by atoms with Crippen LogP contribution in [0.25, 0.3) is 11.1 Å². The van der Waals surface area contributed by atoms with Crippen LogP contribution in [0.4, 0.5) is 10.8 Å². The third-order valence-corrected chi connectivity index (χ3v) is 4.59. The predicted molar refractivity (Wildman–Crippen MR) is 118 cm³/mol. The number of carbonyl (C=O) groups is 1. The van der Waals surface area contributed by atoms with Crippen LogP contribution in [-0.2, 0) is 11.2 Å². The van der Waals surface area contributed by atoms with Crippen molar-refractivity contribution in [3.63, 3.8) is 0 Å². The van der Waals surface area contributed by atoms with Gasteiger partial charge in [0.05, 0.1) is 0 Å². The summed E-state index contributed by atoms with van der Waals surface area (Å²) >= 11 is 0. The Morgan fingerprint density at radius 3 is 2.52 bits per heavy atom. The summed E-state index contributed by atoms with van der Waals surface area (Å²) < 4.78 is 10.9. The monoisotopic (exact) mass is 403 g/mol. The van der Waals surface area contributed by atoms with Gasteiger partial charge in [-0.2, -0.15) is 4.98 Å². The first kappa shape index (κ1) is 23.0. The molecule has 0 aliphatic rings. The number of unbranched alkanes of at least 4 members (excludes halogenated alkanes) is 6. The number of hydrogen-bond donors (Lipinski definition) is 2. The maximum absolute atomic E-state index is 11.6. The zero-order valence-corrected chi connectivity index (χ0v) is 18.5. The summed E-state index contributed by atoms with van der Waals surface area (Å²) in [5, 5.41) is 5.80. The van der Waals surface area contributed by atoms with Gasteiger partial charge in [0.15, 0.2) is 5.58 Å². The van der Waals surface area contributed by atoms with Crippen LogP contribution in [-0.4, -0.2) is 29.8 Å². The molecule has 0 radical (unpaired) electrons. The van der Waals surface area contributed by atoms with Crippen molar-refractivity contribution in [1.29, 1.82) is 0 Å². The number of hydrogen-bond acceptors (Lipinski definition) is 5. The van der Waals surface area contributed by atoms with Crippen molar-refractivity contribution >= 4 is 23.2 Å². The van der Waals surface area contributed by atoms with Gasteiger partial charge in [0.1, 0.15) is 11.1 Å². The summed E-state index contributed by atoms with van der Waals surface area (Å²) in [6.07, 6.45) is 9.88. The number of oxazole rings is 1. The smallest absolute Gasteiger partial charge is 0.407 e. The Hall–Kier alpha value is -2.24. The van der Waals surface area contributed by atoms with Crippen molar-refractivity contribution in [3.05, 3.63) is 23.8 Å². The van der Waals surface area contributed by atoms with Gasteiger partial charge in [-0.05, 0) is 51.3 Å². The third-order valence-electron chi connectivity index (χ3n) is 4.59. The van der Waals surface area contributed by atoms with E-state index >= 15 is 0 Å². The number of nitrogens with one attached hydrogen (secondary N) is 2. The molecule has 0 atom stereocenters. The van der Waals surface area contributed by atoms with Crippen LogP contribution in [0.15, 0.2) is 22.6 Å². The number of benzene rings is 1. The molecule has 1 heterocycles. The van der Waals surface area contributed by atoms with Crippen LogP contribution in [0.2, 0.25) is 0 Å². The molecule has 6 nitrogen and oxygen atoms in total. The number of nitrogens with zero attached hydrogens (tertiary/aromatic N) is 1. The molecule has 29 heavy (non-hydrogen) atoms. The van der Waals surface area contributed by atoms with Gasteiger partial charge in [-0.3, -0.25) is 0 Å². The zero-order chi connectivity index (χ0) is 21.1. The number of anilines is 1. The molecule has 2 aromatic rings. The van der Waals surface area contributed by atoms with Crippen molar-refractivity contribution in [1.82, 2.24) is 10.3 Å². The molecule has 0 aliphatic carbocycles. The second kappa shape index (κ2) is 11.7. The van der Waals surface area contributed by atoms with Crippen LogP contribution < -0.4 is 10.6 Å². The first-order valence-electron chi connectivity index (χ1n) is 11.0. The molecule has 0 saturated heterocycles. The Kier molecular flexibility index (Phi) is 9.29. The molecule has 6 heteroatoms. The molecular formula is C23H37N3O3. The molecule has 0 aliphatic heterocycles. The van der Waals surface area contributed by atoms with Gasteiger partial charge < -0.3 is 19.8 Å². The fourth-order valence-electron chi connectivity index (χ4n) is 3.14. The fraction of sp³-hybridized carbons (Fsp3) is 0.652. The lowest BCUT2D eigenvalue weighted by atomic mass is 10.0. The summed E-state index contributed by atoms with van der Waals surface area (Å²) in [4.78, 5) is 16.1.